The summed E-state index contributed by atoms with van der Waals surface area (Å²) >= 11 is 1.69. The van der Waals surface area contributed by atoms with Gasteiger partial charge in [-0.1, -0.05) is 6.92 Å². The molecule has 110 valence electrons. The van der Waals surface area contributed by atoms with Crippen molar-refractivity contribution in [2.75, 3.05) is 18.1 Å². The molecule has 0 radical (unpaired) electrons. The molecule has 1 amide bonds. The summed E-state index contributed by atoms with van der Waals surface area (Å²) in [6.45, 7) is 4.47. The Morgan fingerprint density at radius 2 is 2.30 bits per heavy atom. The zero-order chi connectivity index (χ0) is 14.7. The highest BCUT2D eigenvalue weighted by molar-refractivity contribution is 7.99. The lowest BCUT2D eigenvalue weighted by molar-refractivity contribution is -0.138. The maximum absolute atomic E-state index is 12.5. The van der Waals surface area contributed by atoms with Gasteiger partial charge in [0.15, 0.2) is 5.76 Å². The zero-order valence-electron chi connectivity index (χ0n) is 11.7. The Morgan fingerprint density at radius 1 is 1.55 bits per heavy atom. The van der Waals surface area contributed by atoms with E-state index in [1.54, 1.807) is 22.7 Å². The number of rotatable bonds is 4. The van der Waals surface area contributed by atoms with Crippen molar-refractivity contribution < 1.29 is 19.1 Å². The molecule has 2 heterocycles. The van der Waals surface area contributed by atoms with Crippen LogP contribution < -0.4 is 0 Å². The van der Waals surface area contributed by atoms with E-state index in [-0.39, 0.29) is 18.4 Å². The van der Waals surface area contributed by atoms with Crippen molar-refractivity contribution in [3.05, 3.63) is 23.2 Å². The van der Waals surface area contributed by atoms with Crippen LogP contribution in [0.1, 0.15) is 35.2 Å². The van der Waals surface area contributed by atoms with Crippen LogP contribution in [0.15, 0.2) is 10.5 Å². The molecule has 1 aromatic heterocycles. The second kappa shape index (κ2) is 6.35. The van der Waals surface area contributed by atoms with Gasteiger partial charge in [-0.15, -0.1) is 0 Å². The normalized spacial score (nSPS) is 19.1. The van der Waals surface area contributed by atoms with Gasteiger partial charge in [0.2, 0.25) is 0 Å². The van der Waals surface area contributed by atoms with Crippen LogP contribution in [0.3, 0.4) is 0 Å². The number of carboxylic acid groups (broad SMARTS) is 1. The van der Waals surface area contributed by atoms with Gasteiger partial charge in [0.25, 0.3) is 5.91 Å². The fourth-order valence-corrected chi connectivity index (χ4v) is 3.47. The van der Waals surface area contributed by atoms with Crippen molar-refractivity contribution in [1.82, 2.24) is 4.90 Å². The van der Waals surface area contributed by atoms with Crippen molar-refractivity contribution in [3.63, 3.8) is 0 Å². The first kappa shape index (κ1) is 15.0. The van der Waals surface area contributed by atoms with E-state index >= 15 is 0 Å². The number of furan rings is 1. The van der Waals surface area contributed by atoms with Crippen LogP contribution in [0.5, 0.6) is 0 Å². The van der Waals surface area contributed by atoms with Gasteiger partial charge >= 0.3 is 5.97 Å². The van der Waals surface area contributed by atoms with Crippen molar-refractivity contribution >= 4 is 23.6 Å². The first-order valence-corrected chi connectivity index (χ1v) is 7.88. The highest BCUT2D eigenvalue weighted by atomic mass is 32.2. The minimum Gasteiger partial charge on any atom is -0.481 e. The summed E-state index contributed by atoms with van der Waals surface area (Å²) in [5, 5.41) is 8.95. The minimum atomic E-state index is -0.875. The highest BCUT2D eigenvalue weighted by Gasteiger charge is 2.31. The van der Waals surface area contributed by atoms with Gasteiger partial charge < -0.3 is 14.4 Å². The second-order valence-corrected chi connectivity index (χ2v) is 6.05. The van der Waals surface area contributed by atoms with E-state index in [1.807, 2.05) is 13.8 Å². The van der Waals surface area contributed by atoms with E-state index in [0.29, 0.717) is 18.1 Å². The number of carboxylic acids is 1. The number of aryl methyl sites for hydroxylation is 2. The molecule has 2 rings (SSSR count). The van der Waals surface area contributed by atoms with Crippen LogP contribution in [-0.4, -0.2) is 46.0 Å². The third-order valence-corrected chi connectivity index (χ3v) is 4.54. The molecule has 20 heavy (non-hydrogen) atoms. The lowest BCUT2D eigenvalue weighted by atomic mass is 10.1. The molecule has 1 aliphatic heterocycles. The summed E-state index contributed by atoms with van der Waals surface area (Å²) in [6.07, 6.45) is 0.729. The third kappa shape index (κ3) is 3.17. The zero-order valence-corrected chi connectivity index (χ0v) is 12.5. The molecule has 0 aromatic carbocycles. The predicted octanol–water partition coefficient (Wildman–Crippen LogP) is 2.18. The van der Waals surface area contributed by atoms with Crippen molar-refractivity contribution in [2.45, 2.75) is 32.7 Å². The molecular weight excluding hydrogens is 278 g/mol. The van der Waals surface area contributed by atoms with Gasteiger partial charge in [-0.2, -0.15) is 11.8 Å². The van der Waals surface area contributed by atoms with Crippen LogP contribution in [-0.2, 0) is 11.2 Å². The molecule has 1 unspecified atom stereocenters. The SMILES string of the molecule is CCc1oc(C(=O)N2CCSCC2CC(=O)O)cc1C. The van der Waals surface area contributed by atoms with Gasteiger partial charge in [-0.25, -0.2) is 0 Å². The van der Waals surface area contributed by atoms with E-state index < -0.39 is 5.97 Å². The lowest BCUT2D eigenvalue weighted by Gasteiger charge is -2.33. The van der Waals surface area contributed by atoms with Crippen molar-refractivity contribution in [2.24, 2.45) is 0 Å². The molecule has 1 atom stereocenters. The van der Waals surface area contributed by atoms with Crippen LogP contribution in [0, 0.1) is 6.92 Å². The summed E-state index contributed by atoms with van der Waals surface area (Å²) in [5.74, 6) is 1.57. The Balaban J connectivity index is 2.18. The van der Waals surface area contributed by atoms with Gasteiger partial charge in [0.05, 0.1) is 12.5 Å². The number of carbonyl (C=O) groups excluding carboxylic acids is 1. The highest BCUT2D eigenvalue weighted by Crippen LogP contribution is 2.23. The molecule has 1 saturated heterocycles. The lowest BCUT2D eigenvalue weighted by Crippen LogP contribution is -2.47. The van der Waals surface area contributed by atoms with Gasteiger partial charge in [0, 0.05) is 24.5 Å². The average Bonchev–Trinajstić information content (AvgIpc) is 2.79. The molecule has 1 aliphatic rings. The Hall–Kier alpha value is -1.43. The maximum atomic E-state index is 12.5. The number of hydrogen-bond donors (Lipinski definition) is 1. The molecule has 1 N–H and O–H groups in total. The molecule has 1 fully saturated rings. The van der Waals surface area contributed by atoms with Crippen LogP contribution in [0.4, 0.5) is 0 Å². The summed E-state index contributed by atoms with van der Waals surface area (Å²) in [7, 11) is 0. The quantitative estimate of drug-likeness (QED) is 0.922. The van der Waals surface area contributed by atoms with E-state index in [4.69, 9.17) is 9.52 Å². The number of aliphatic carboxylic acids is 1. The summed E-state index contributed by atoms with van der Waals surface area (Å²) in [6, 6.07) is 1.50. The smallest absolute Gasteiger partial charge is 0.305 e. The first-order chi connectivity index (χ1) is 9.52. The molecule has 0 bridgehead atoms. The minimum absolute atomic E-state index is 0.0148. The first-order valence-electron chi connectivity index (χ1n) is 6.72. The van der Waals surface area contributed by atoms with Crippen LogP contribution >= 0.6 is 11.8 Å². The topological polar surface area (TPSA) is 70.8 Å². The molecule has 0 aliphatic carbocycles. The Labute approximate surface area is 122 Å². The van der Waals surface area contributed by atoms with Crippen molar-refractivity contribution in [1.29, 1.82) is 0 Å². The number of hydrogen-bond acceptors (Lipinski definition) is 4. The van der Waals surface area contributed by atoms with Gasteiger partial charge in [0.1, 0.15) is 5.76 Å². The van der Waals surface area contributed by atoms with Gasteiger partial charge in [-0.3, -0.25) is 9.59 Å². The number of thioether (sulfide) groups is 1. The van der Waals surface area contributed by atoms with E-state index in [9.17, 15) is 9.59 Å². The monoisotopic (exact) mass is 297 g/mol. The molecule has 0 spiro atoms. The Kier molecular flexibility index (Phi) is 4.75. The standard InChI is InChI=1S/C14H19NO4S/c1-3-11-9(2)6-12(19-11)14(18)15-4-5-20-8-10(15)7-13(16)17/h6,10H,3-5,7-8H2,1-2H3,(H,16,17). The fraction of sp³-hybridized carbons (Fsp3) is 0.571. The molecule has 1 aromatic rings. The molecule has 0 saturated carbocycles. The fourth-order valence-electron chi connectivity index (χ4n) is 2.41. The van der Waals surface area contributed by atoms with Gasteiger partial charge in [-0.05, 0) is 18.6 Å². The predicted molar refractivity (Wildman–Crippen MR) is 77.2 cm³/mol. The molecule has 5 nitrogen and oxygen atoms in total. The molecular formula is C14H19NO4S. The third-order valence-electron chi connectivity index (χ3n) is 3.45. The van der Waals surface area contributed by atoms with Crippen LogP contribution in [0.2, 0.25) is 0 Å². The summed E-state index contributed by atoms with van der Waals surface area (Å²) < 4.78 is 5.59. The van der Waals surface area contributed by atoms with E-state index in [2.05, 4.69) is 0 Å². The van der Waals surface area contributed by atoms with E-state index in [0.717, 1.165) is 23.5 Å². The summed E-state index contributed by atoms with van der Waals surface area (Å²) in [4.78, 5) is 25.1. The molecule has 6 heteroatoms. The Morgan fingerprint density at radius 3 is 2.90 bits per heavy atom. The second-order valence-electron chi connectivity index (χ2n) is 4.90. The number of nitrogens with zero attached hydrogens (tertiary/aromatic N) is 1. The average molecular weight is 297 g/mol. The maximum Gasteiger partial charge on any atom is 0.305 e. The van der Waals surface area contributed by atoms with Crippen molar-refractivity contribution in [3.8, 4) is 0 Å². The number of carbonyl (C=O) groups is 2. The van der Waals surface area contributed by atoms with Crippen LogP contribution in [0.25, 0.3) is 0 Å². The number of amides is 1. The van der Waals surface area contributed by atoms with E-state index in [1.165, 1.54) is 0 Å². The summed E-state index contributed by atoms with van der Waals surface area (Å²) in [5.41, 5.74) is 0.969. The largest absolute Gasteiger partial charge is 0.481 e. The Bertz CT molecular complexity index is 511.